The highest BCUT2D eigenvalue weighted by Gasteiger charge is 2.23. The number of amides is 1. The van der Waals surface area contributed by atoms with Crippen molar-refractivity contribution in [3.63, 3.8) is 0 Å². The quantitative estimate of drug-likeness (QED) is 0.392. The van der Waals surface area contributed by atoms with Crippen molar-refractivity contribution < 1.29 is 14.3 Å². The lowest BCUT2D eigenvalue weighted by atomic mass is 10.1. The van der Waals surface area contributed by atoms with E-state index in [1.165, 1.54) is 11.8 Å². The zero-order valence-corrected chi connectivity index (χ0v) is 19.4. The first-order chi connectivity index (χ1) is 16.7. The normalized spacial score (nSPS) is 13.8. The minimum absolute atomic E-state index is 0.0797. The molecule has 4 aromatic rings. The van der Waals surface area contributed by atoms with Gasteiger partial charge in [-0.3, -0.25) is 4.79 Å². The molecule has 3 aromatic carbocycles. The molecule has 2 heterocycles. The molecule has 1 aromatic heterocycles. The summed E-state index contributed by atoms with van der Waals surface area (Å²) in [4.78, 5) is 21.7. The number of phenolic OH excluding ortho intramolecular Hbond substituents is 1. The van der Waals surface area contributed by atoms with Crippen molar-refractivity contribution in [3.05, 3.63) is 84.9 Å². The van der Waals surface area contributed by atoms with Gasteiger partial charge in [-0.15, -0.1) is 0 Å². The van der Waals surface area contributed by atoms with Crippen LogP contribution in [0.15, 0.2) is 94.6 Å². The Hall–Kier alpha value is -3.71. The summed E-state index contributed by atoms with van der Waals surface area (Å²) in [7, 11) is 0. The zero-order valence-electron chi connectivity index (χ0n) is 18.6. The maximum atomic E-state index is 12.9. The zero-order chi connectivity index (χ0) is 23.3. The van der Waals surface area contributed by atoms with Crippen molar-refractivity contribution in [2.45, 2.75) is 5.22 Å². The largest absolute Gasteiger partial charge is 0.508 e. The molecule has 1 amide bonds. The average molecular weight is 472 g/mol. The lowest BCUT2D eigenvalue weighted by Gasteiger charge is -2.36. The number of phenols is 1. The molecule has 172 valence electrons. The predicted molar refractivity (Wildman–Crippen MR) is 135 cm³/mol. The van der Waals surface area contributed by atoms with Gasteiger partial charge in [-0.1, -0.05) is 72.4 Å². The number of benzene rings is 3. The molecule has 0 radical (unpaired) electrons. The van der Waals surface area contributed by atoms with Crippen molar-refractivity contribution in [1.82, 2.24) is 9.88 Å². The lowest BCUT2D eigenvalue weighted by Crippen LogP contribution is -2.49. The van der Waals surface area contributed by atoms with Crippen LogP contribution < -0.4 is 4.90 Å². The van der Waals surface area contributed by atoms with Crippen molar-refractivity contribution in [2.24, 2.45) is 0 Å². The highest BCUT2D eigenvalue weighted by molar-refractivity contribution is 7.99. The standard InChI is InChI=1S/C27H25N3O3S/c31-23-13-11-22(12-14-23)29-15-17-30(18-16-29)24(32)19-34-27-28-25(20-7-3-1-4-8-20)26(33-27)21-9-5-2-6-10-21/h1-14,31H,15-19H2. The van der Waals surface area contributed by atoms with Gasteiger partial charge < -0.3 is 19.3 Å². The van der Waals surface area contributed by atoms with Crippen LogP contribution in [0.4, 0.5) is 5.69 Å². The van der Waals surface area contributed by atoms with E-state index in [2.05, 4.69) is 4.90 Å². The molecule has 0 unspecified atom stereocenters. The number of nitrogens with zero attached hydrogens (tertiary/aromatic N) is 3. The van der Waals surface area contributed by atoms with Crippen LogP contribution in [-0.4, -0.2) is 52.8 Å². The summed E-state index contributed by atoms with van der Waals surface area (Å²) in [5.41, 5.74) is 3.77. The fourth-order valence-electron chi connectivity index (χ4n) is 4.03. The van der Waals surface area contributed by atoms with Gasteiger partial charge in [0.1, 0.15) is 11.4 Å². The maximum absolute atomic E-state index is 12.9. The number of carbonyl (C=O) groups excluding carboxylic acids is 1. The monoisotopic (exact) mass is 471 g/mol. The first-order valence-electron chi connectivity index (χ1n) is 11.2. The smallest absolute Gasteiger partial charge is 0.257 e. The molecule has 0 spiro atoms. The van der Waals surface area contributed by atoms with E-state index in [0.717, 1.165) is 35.6 Å². The summed E-state index contributed by atoms with van der Waals surface area (Å²) < 4.78 is 6.13. The molecule has 0 bridgehead atoms. The second-order valence-corrected chi connectivity index (χ2v) is 8.99. The molecule has 7 heteroatoms. The second-order valence-electron chi connectivity index (χ2n) is 8.06. The Morgan fingerprint density at radius 2 is 1.47 bits per heavy atom. The van der Waals surface area contributed by atoms with Crippen LogP contribution >= 0.6 is 11.8 Å². The number of aromatic nitrogens is 1. The molecule has 0 atom stereocenters. The molecule has 5 rings (SSSR count). The Morgan fingerprint density at radius 1 is 0.853 bits per heavy atom. The van der Waals surface area contributed by atoms with E-state index >= 15 is 0 Å². The average Bonchev–Trinajstić information content (AvgIpc) is 3.33. The Labute approximate surface area is 202 Å². The van der Waals surface area contributed by atoms with E-state index in [-0.39, 0.29) is 17.4 Å². The first-order valence-corrected chi connectivity index (χ1v) is 12.2. The number of piperazine rings is 1. The SMILES string of the molecule is O=C(CSc1nc(-c2ccccc2)c(-c2ccccc2)o1)N1CCN(c2ccc(O)cc2)CC1. The predicted octanol–water partition coefficient (Wildman–Crippen LogP) is 5.16. The fourth-order valence-corrected chi connectivity index (χ4v) is 4.76. The number of thioether (sulfide) groups is 1. The fraction of sp³-hybridized carbons (Fsp3) is 0.185. The third kappa shape index (κ3) is 4.94. The number of oxazole rings is 1. The van der Waals surface area contributed by atoms with Crippen molar-refractivity contribution >= 4 is 23.4 Å². The Morgan fingerprint density at radius 3 is 2.12 bits per heavy atom. The van der Waals surface area contributed by atoms with E-state index in [1.54, 1.807) is 12.1 Å². The van der Waals surface area contributed by atoms with E-state index in [0.29, 0.717) is 24.1 Å². The first kappa shape index (κ1) is 22.1. The van der Waals surface area contributed by atoms with Crippen LogP contribution in [0.2, 0.25) is 0 Å². The van der Waals surface area contributed by atoms with Gasteiger partial charge >= 0.3 is 0 Å². The number of anilines is 1. The number of carbonyl (C=O) groups is 1. The van der Waals surface area contributed by atoms with E-state index < -0.39 is 0 Å². The third-order valence-corrected chi connectivity index (χ3v) is 6.67. The summed E-state index contributed by atoms with van der Waals surface area (Å²) in [5, 5.41) is 9.98. The van der Waals surface area contributed by atoms with Gasteiger partial charge in [0.05, 0.1) is 5.75 Å². The van der Waals surface area contributed by atoms with Gasteiger partial charge in [0, 0.05) is 43.0 Å². The van der Waals surface area contributed by atoms with Gasteiger partial charge in [0.25, 0.3) is 5.22 Å². The summed E-state index contributed by atoms with van der Waals surface area (Å²) in [6.45, 7) is 2.85. The second kappa shape index (κ2) is 10.1. The molecule has 34 heavy (non-hydrogen) atoms. The minimum Gasteiger partial charge on any atom is -0.508 e. The number of rotatable bonds is 6. The Kier molecular flexibility index (Phi) is 6.53. The van der Waals surface area contributed by atoms with Crippen LogP contribution in [0.3, 0.4) is 0 Å². The van der Waals surface area contributed by atoms with Crippen LogP contribution in [0.5, 0.6) is 5.75 Å². The van der Waals surface area contributed by atoms with Gasteiger partial charge in [0.2, 0.25) is 5.91 Å². The molecular weight excluding hydrogens is 446 g/mol. The molecule has 1 aliphatic heterocycles. The van der Waals surface area contributed by atoms with Gasteiger partial charge in [-0.05, 0) is 24.3 Å². The maximum Gasteiger partial charge on any atom is 0.257 e. The summed E-state index contributed by atoms with van der Waals surface area (Å²) in [6.07, 6.45) is 0. The number of hydrogen-bond donors (Lipinski definition) is 1. The highest BCUT2D eigenvalue weighted by atomic mass is 32.2. The highest BCUT2D eigenvalue weighted by Crippen LogP contribution is 2.35. The molecule has 1 aliphatic rings. The Bertz CT molecular complexity index is 1180. The van der Waals surface area contributed by atoms with Crippen molar-refractivity contribution in [1.29, 1.82) is 0 Å². The van der Waals surface area contributed by atoms with Crippen LogP contribution in [0.25, 0.3) is 22.6 Å². The molecule has 1 saturated heterocycles. The number of aromatic hydroxyl groups is 1. The van der Waals surface area contributed by atoms with E-state index in [1.807, 2.05) is 77.7 Å². The molecule has 1 N–H and O–H groups in total. The van der Waals surface area contributed by atoms with Crippen LogP contribution in [0.1, 0.15) is 0 Å². The number of hydrogen-bond acceptors (Lipinski definition) is 6. The van der Waals surface area contributed by atoms with Crippen molar-refractivity contribution in [3.8, 4) is 28.3 Å². The molecular formula is C27H25N3O3S. The molecule has 0 aliphatic carbocycles. The summed E-state index contributed by atoms with van der Waals surface area (Å²) in [5.74, 6) is 1.33. The molecule has 1 fully saturated rings. The van der Waals surface area contributed by atoms with Gasteiger partial charge in [0.15, 0.2) is 5.76 Å². The van der Waals surface area contributed by atoms with Crippen LogP contribution in [0, 0.1) is 0 Å². The van der Waals surface area contributed by atoms with E-state index in [9.17, 15) is 9.90 Å². The van der Waals surface area contributed by atoms with Crippen LogP contribution in [-0.2, 0) is 4.79 Å². The Balaban J connectivity index is 1.24. The van der Waals surface area contributed by atoms with Gasteiger partial charge in [-0.25, -0.2) is 4.98 Å². The topological polar surface area (TPSA) is 69.8 Å². The summed E-state index contributed by atoms with van der Waals surface area (Å²) in [6, 6.07) is 27.1. The lowest BCUT2D eigenvalue weighted by molar-refractivity contribution is -0.128. The van der Waals surface area contributed by atoms with Crippen molar-refractivity contribution in [2.75, 3.05) is 36.8 Å². The minimum atomic E-state index is 0.0797. The third-order valence-electron chi connectivity index (χ3n) is 5.86. The van der Waals surface area contributed by atoms with E-state index in [4.69, 9.17) is 9.40 Å². The molecule has 0 saturated carbocycles. The summed E-state index contributed by atoms with van der Waals surface area (Å²) >= 11 is 1.33. The molecule has 6 nitrogen and oxygen atoms in total. The van der Waals surface area contributed by atoms with Gasteiger partial charge in [-0.2, -0.15) is 0 Å².